The molecule has 1 aromatic carbocycles. The van der Waals surface area contributed by atoms with Gasteiger partial charge < -0.3 is 5.32 Å². The Hall–Kier alpha value is -2.25. The third-order valence-corrected chi connectivity index (χ3v) is 5.24. The first-order valence-corrected chi connectivity index (χ1v) is 9.06. The number of thiophene rings is 1. The zero-order chi connectivity index (χ0) is 17.4. The van der Waals surface area contributed by atoms with Crippen molar-refractivity contribution in [3.63, 3.8) is 0 Å². The number of halogens is 2. The van der Waals surface area contributed by atoms with Gasteiger partial charge >= 0.3 is 0 Å². The molecule has 1 saturated heterocycles. The number of hydrogen-bond donors (Lipinski definition) is 1. The molecule has 0 aliphatic carbocycles. The van der Waals surface area contributed by atoms with Crippen molar-refractivity contribution in [3.8, 4) is 5.69 Å². The van der Waals surface area contributed by atoms with Crippen LogP contribution < -0.4 is 5.32 Å². The highest BCUT2D eigenvalue weighted by atomic mass is 35.5. The number of nitrogens with zero attached hydrogens (tertiary/aromatic N) is 3. The quantitative estimate of drug-likeness (QED) is 0.759. The van der Waals surface area contributed by atoms with Crippen LogP contribution >= 0.6 is 22.9 Å². The second kappa shape index (κ2) is 6.57. The van der Waals surface area contributed by atoms with Crippen molar-refractivity contribution >= 4 is 28.8 Å². The number of hydrogen-bond acceptors (Lipinski definition) is 4. The molecule has 2 aromatic heterocycles. The van der Waals surface area contributed by atoms with E-state index in [0.29, 0.717) is 36.7 Å². The van der Waals surface area contributed by atoms with Gasteiger partial charge in [-0.15, -0.1) is 11.3 Å². The van der Waals surface area contributed by atoms with Crippen molar-refractivity contribution in [1.29, 1.82) is 0 Å². The van der Waals surface area contributed by atoms with Gasteiger partial charge in [0.15, 0.2) is 5.82 Å². The normalized spacial score (nSPS) is 17.0. The average Bonchev–Trinajstić information content (AvgIpc) is 3.31. The van der Waals surface area contributed by atoms with E-state index in [1.165, 1.54) is 12.1 Å². The zero-order valence-electron chi connectivity index (χ0n) is 13.1. The van der Waals surface area contributed by atoms with Crippen LogP contribution in [0.4, 0.5) is 4.39 Å². The molecule has 5 nitrogen and oxygen atoms in total. The molecule has 0 bridgehead atoms. The van der Waals surface area contributed by atoms with Crippen LogP contribution in [-0.2, 0) is 11.2 Å². The summed E-state index contributed by atoms with van der Waals surface area (Å²) in [7, 11) is 0. The van der Waals surface area contributed by atoms with Crippen molar-refractivity contribution in [2.75, 3.05) is 6.54 Å². The molecule has 1 unspecified atom stereocenters. The summed E-state index contributed by atoms with van der Waals surface area (Å²) in [6.45, 7) is 0.519. The Kier molecular flexibility index (Phi) is 4.27. The standard InChI is InChI=1S/C17H14ClFN4OS/c18-13-7-11(3-4-14(13)19)23-17(10-6-16(24)20-9-10)21-15(22-23)8-12-2-1-5-25-12/h1-5,7,10H,6,8-9H2,(H,20,24). The van der Waals surface area contributed by atoms with Gasteiger partial charge in [0.25, 0.3) is 0 Å². The van der Waals surface area contributed by atoms with Crippen LogP contribution in [0.5, 0.6) is 0 Å². The van der Waals surface area contributed by atoms with Gasteiger partial charge in [-0.3, -0.25) is 4.79 Å². The number of carbonyl (C=O) groups is 1. The van der Waals surface area contributed by atoms with E-state index in [0.717, 1.165) is 4.88 Å². The van der Waals surface area contributed by atoms with E-state index in [4.69, 9.17) is 11.6 Å². The lowest BCUT2D eigenvalue weighted by Crippen LogP contribution is -2.15. The highest BCUT2D eigenvalue weighted by Crippen LogP contribution is 2.27. The van der Waals surface area contributed by atoms with Crippen LogP contribution in [0.25, 0.3) is 5.69 Å². The summed E-state index contributed by atoms with van der Waals surface area (Å²) in [6.07, 6.45) is 0.979. The predicted molar refractivity (Wildman–Crippen MR) is 93.8 cm³/mol. The third kappa shape index (κ3) is 3.29. The van der Waals surface area contributed by atoms with Gasteiger partial charge in [0.2, 0.25) is 5.91 Å². The minimum absolute atomic E-state index is 0.00325. The van der Waals surface area contributed by atoms with Crippen molar-refractivity contribution in [2.45, 2.75) is 18.8 Å². The molecule has 3 aromatic rings. The maximum absolute atomic E-state index is 13.5. The van der Waals surface area contributed by atoms with Crippen LogP contribution in [0.3, 0.4) is 0 Å². The van der Waals surface area contributed by atoms with Crippen LogP contribution in [-0.4, -0.2) is 27.2 Å². The maximum Gasteiger partial charge on any atom is 0.220 e. The Morgan fingerprint density at radius 2 is 2.28 bits per heavy atom. The molecule has 1 amide bonds. The smallest absolute Gasteiger partial charge is 0.220 e. The predicted octanol–water partition coefficient (Wildman–Crippen LogP) is 3.32. The lowest BCUT2D eigenvalue weighted by molar-refractivity contribution is -0.119. The molecule has 8 heteroatoms. The molecular weight excluding hydrogens is 363 g/mol. The van der Waals surface area contributed by atoms with Gasteiger partial charge in [-0.25, -0.2) is 14.1 Å². The maximum atomic E-state index is 13.5. The Morgan fingerprint density at radius 3 is 2.96 bits per heavy atom. The highest BCUT2D eigenvalue weighted by molar-refractivity contribution is 7.09. The minimum atomic E-state index is -0.483. The van der Waals surface area contributed by atoms with Gasteiger partial charge in [0.1, 0.15) is 11.6 Å². The van der Waals surface area contributed by atoms with Crippen molar-refractivity contribution in [3.05, 3.63) is 63.1 Å². The lowest BCUT2D eigenvalue weighted by atomic mass is 10.1. The van der Waals surface area contributed by atoms with E-state index < -0.39 is 5.82 Å². The topological polar surface area (TPSA) is 59.8 Å². The number of rotatable bonds is 4. The molecular formula is C17H14ClFN4OS. The largest absolute Gasteiger partial charge is 0.355 e. The first-order chi connectivity index (χ1) is 12.1. The summed E-state index contributed by atoms with van der Waals surface area (Å²) in [5.41, 5.74) is 0.630. The van der Waals surface area contributed by atoms with E-state index >= 15 is 0 Å². The Balaban J connectivity index is 1.75. The molecule has 128 valence electrons. The summed E-state index contributed by atoms with van der Waals surface area (Å²) < 4.78 is 15.2. The first kappa shape index (κ1) is 16.2. The molecule has 1 aliphatic rings. The van der Waals surface area contributed by atoms with Gasteiger partial charge in [-0.05, 0) is 29.6 Å². The second-order valence-corrected chi connectivity index (χ2v) is 7.30. The van der Waals surface area contributed by atoms with Gasteiger partial charge in [0.05, 0.1) is 10.7 Å². The molecule has 1 aliphatic heterocycles. The van der Waals surface area contributed by atoms with Gasteiger partial charge in [0, 0.05) is 30.2 Å². The van der Waals surface area contributed by atoms with Crippen molar-refractivity contribution < 1.29 is 9.18 Å². The fraction of sp³-hybridized carbons (Fsp3) is 0.235. The summed E-state index contributed by atoms with van der Waals surface area (Å²) in [4.78, 5) is 17.4. The fourth-order valence-corrected chi connectivity index (χ4v) is 3.75. The van der Waals surface area contributed by atoms with Crippen LogP contribution in [0.2, 0.25) is 5.02 Å². The van der Waals surface area contributed by atoms with E-state index in [-0.39, 0.29) is 16.8 Å². The molecule has 3 heterocycles. The minimum Gasteiger partial charge on any atom is -0.355 e. The number of carbonyl (C=O) groups excluding carboxylic acids is 1. The second-order valence-electron chi connectivity index (χ2n) is 5.86. The molecule has 1 N–H and O–H groups in total. The zero-order valence-corrected chi connectivity index (χ0v) is 14.6. The number of aromatic nitrogens is 3. The molecule has 1 atom stereocenters. The van der Waals surface area contributed by atoms with E-state index in [2.05, 4.69) is 15.4 Å². The summed E-state index contributed by atoms with van der Waals surface area (Å²) in [6, 6.07) is 8.45. The number of benzene rings is 1. The van der Waals surface area contributed by atoms with E-state index in [1.54, 1.807) is 22.1 Å². The SMILES string of the molecule is O=C1CC(c2nc(Cc3cccs3)nn2-c2ccc(F)c(Cl)c2)CN1. The number of nitrogens with one attached hydrogen (secondary N) is 1. The van der Waals surface area contributed by atoms with E-state index in [9.17, 15) is 9.18 Å². The average molecular weight is 377 g/mol. The summed E-state index contributed by atoms with van der Waals surface area (Å²) in [5.74, 6) is 0.797. The molecule has 0 saturated carbocycles. The summed E-state index contributed by atoms with van der Waals surface area (Å²) in [5, 5.41) is 9.44. The van der Waals surface area contributed by atoms with E-state index in [1.807, 2.05) is 17.5 Å². The van der Waals surface area contributed by atoms with Crippen molar-refractivity contribution in [2.24, 2.45) is 0 Å². The molecule has 0 radical (unpaired) electrons. The Labute approximate surface area is 152 Å². The third-order valence-electron chi connectivity index (χ3n) is 4.08. The van der Waals surface area contributed by atoms with Crippen molar-refractivity contribution in [1.82, 2.24) is 20.1 Å². The fourth-order valence-electron chi connectivity index (χ4n) is 2.87. The van der Waals surface area contributed by atoms with Gasteiger partial charge in [-0.1, -0.05) is 17.7 Å². The van der Waals surface area contributed by atoms with Gasteiger partial charge in [-0.2, -0.15) is 5.10 Å². The van der Waals surface area contributed by atoms with Crippen LogP contribution in [0.15, 0.2) is 35.7 Å². The summed E-state index contributed by atoms with van der Waals surface area (Å²) >= 11 is 7.56. The molecule has 1 fully saturated rings. The molecule has 25 heavy (non-hydrogen) atoms. The Bertz CT molecular complexity index is 925. The molecule has 0 spiro atoms. The van der Waals surface area contributed by atoms with Crippen LogP contribution in [0, 0.1) is 5.82 Å². The monoisotopic (exact) mass is 376 g/mol. The Morgan fingerprint density at radius 1 is 1.40 bits per heavy atom. The number of amides is 1. The lowest BCUT2D eigenvalue weighted by Gasteiger charge is -2.10. The molecule has 4 rings (SSSR count). The first-order valence-electron chi connectivity index (χ1n) is 7.80. The highest BCUT2D eigenvalue weighted by Gasteiger charge is 2.29. The van der Waals surface area contributed by atoms with Crippen LogP contribution in [0.1, 0.15) is 28.9 Å².